The van der Waals surface area contributed by atoms with Gasteiger partial charge in [-0.25, -0.2) is 23.1 Å². The van der Waals surface area contributed by atoms with E-state index in [1.54, 1.807) is 13.1 Å². The number of aliphatic hydroxyl groups is 1. The van der Waals surface area contributed by atoms with Crippen molar-refractivity contribution in [3.63, 3.8) is 0 Å². The second kappa shape index (κ2) is 8.04. The van der Waals surface area contributed by atoms with Gasteiger partial charge < -0.3 is 5.11 Å². The van der Waals surface area contributed by atoms with Gasteiger partial charge in [0.05, 0.1) is 18.8 Å². The minimum atomic E-state index is -1.81. The topological polar surface area (TPSA) is 81.6 Å². The zero-order valence-electron chi connectivity index (χ0n) is 15.8. The van der Waals surface area contributed by atoms with Crippen LogP contribution in [0.25, 0.3) is 11.3 Å². The Morgan fingerprint density at radius 3 is 2.73 bits per heavy atom. The zero-order chi connectivity index (χ0) is 21.3. The Balaban J connectivity index is 1.75. The Hall–Kier alpha value is -2.98. The summed E-state index contributed by atoms with van der Waals surface area (Å²) in [6, 6.07) is 9.83. The molecule has 0 aliphatic rings. The Bertz CT molecular complexity index is 1170. The summed E-state index contributed by atoms with van der Waals surface area (Å²) in [5.74, 6) is -1.60. The number of halogens is 3. The van der Waals surface area contributed by atoms with Crippen molar-refractivity contribution in [2.24, 2.45) is 0 Å². The molecule has 0 aliphatic heterocycles. The van der Waals surface area contributed by atoms with E-state index in [9.17, 15) is 13.9 Å². The third kappa shape index (κ3) is 3.88. The van der Waals surface area contributed by atoms with Crippen molar-refractivity contribution >= 4 is 15.9 Å². The number of benzene rings is 2. The molecule has 154 valence electrons. The van der Waals surface area contributed by atoms with E-state index in [4.69, 9.17) is 0 Å². The molecule has 0 fully saturated rings. The largest absolute Gasteiger partial charge is 0.381 e. The lowest BCUT2D eigenvalue weighted by Gasteiger charge is -2.34. The molecule has 7 nitrogen and oxygen atoms in total. The van der Waals surface area contributed by atoms with Crippen LogP contribution in [-0.4, -0.2) is 34.9 Å². The van der Waals surface area contributed by atoms with Crippen LogP contribution in [-0.2, 0) is 12.1 Å². The second-order valence-corrected chi connectivity index (χ2v) is 7.83. The van der Waals surface area contributed by atoms with Crippen LogP contribution in [0.3, 0.4) is 0 Å². The van der Waals surface area contributed by atoms with Gasteiger partial charge in [-0.3, -0.25) is 0 Å². The van der Waals surface area contributed by atoms with Gasteiger partial charge in [-0.2, -0.15) is 5.10 Å². The first-order valence-corrected chi connectivity index (χ1v) is 9.84. The minimum absolute atomic E-state index is 0.0774. The molecular weight excluding hydrogens is 458 g/mol. The van der Waals surface area contributed by atoms with Gasteiger partial charge in [0, 0.05) is 21.7 Å². The summed E-state index contributed by atoms with van der Waals surface area (Å²) in [4.78, 5) is 3.87. The highest BCUT2D eigenvalue weighted by molar-refractivity contribution is 9.10. The van der Waals surface area contributed by atoms with Crippen molar-refractivity contribution in [2.45, 2.75) is 25.1 Å². The van der Waals surface area contributed by atoms with Crippen LogP contribution < -0.4 is 0 Å². The quantitative estimate of drug-likeness (QED) is 0.460. The predicted molar refractivity (Wildman–Crippen MR) is 108 cm³/mol. The van der Waals surface area contributed by atoms with Crippen LogP contribution in [0, 0.1) is 11.6 Å². The first kappa shape index (κ1) is 20.3. The summed E-state index contributed by atoms with van der Waals surface area (Å²) in [7, 11) is 0. The van der Waals surface area contributed by atoms with Crippen LogP contribution in [0.4, 0.5) is 8.78 Å². The second-order valence-electron chi connectivity index (χ2n) is 6.91. The standard InChI is InChI=1S/C20H17BrF2N6O/c1-13(29-9-19(26-27-29)14-3-2-4-15(21)7-14)20(30,10-28-12-24-11-25-28)17-6-5-16(22)8-18(17)23/h2-9,11-13,30H,10H2,1H3/t13-,20-/m1/s1. The molecular formula is C20H17BrF2N6O. The number of hydrogen-bond donors (Lipinski definition) is 1. The molecule has 2 atom stereocenters. The molecule has 0 amide bonds. The molecule has 1 N–H and O–H groups in total. The van der Waals surface area contributed by atoms with Crippen LogP contribution in [0.2, 0.25) is 0 Å². The fraction of sp³-hybridized carbons (Fsp3) is 0.200. The fourth-order valence-electron chi connectivity index (χ4n) is 3.31. The number of hydrogen-bond acceptors (Lipinski definition) is 5. The van der Waals surface area contributed by atoms with Crippen LogP contribution in [0.1, 0.15) is 18.5 Å². The maximum Gasteiger partial charge on any atom is 0.137 e. The Morgan fingerprint density at radius 1 is 1.20 bits per heavy atom. The normalized spacial score (nSPS) is 14.4. The monoisotopic (exact) mass is 474 g/mol. The lowest BCUT2D eigenvalue weighted by Crippen LogP contribution is -2.41. The number of rotatable bonds is 6. The smallest absolute Gasteiger partial charge is 0.137 e. The summed E-state index contributed by atoms with van der Waals surface area (Å²) in [6.45, 7) is 1.56. The van der Waals surface area contributed by atoms with Gasteiger partial charge >= 0.3 is 0 Å². The zero-order valence-corrected chi connectivity index (χ0v) is 17.4. The molecule has 0 saturated carbocycles. The van der Waals surface area contributed by atoms with E-state index in [0.29, 0.717) is 5.69 Å². The first-order chi connectivity index (χ1) is 14.4. The predicted octanol–water partition coefficient (Wildman–Crippen LogP) is 3.73. The average molecular weight is 475 g/mol. The summed E-state index contributed by atoms with van der Waals surface area (Å²) in [5.41, 5.74) is -0.471. The third-order valence-electron chi connectivity index (χ3n) is 4.99. The van der Waals surface area contributed by atoms with E-state index in [0.717, 1.165) is 22.2 Å². The Morgan fingerprint density at radius 2 is 2.03 bits per heavy atom. The molecule has 0 aliphatic carbocycles. The van der Waals surface area contributed by atoms with Crippen molar-refractivity contribution in [2.75, 3.05) is 0 Å². The van der Waals surface area contributed by atoms with Gasteiger partial charge in [0.1, 0.15) is 35.6 Å². The van der Waals surface area contributed by atoms with E-state index >= 15 is 0 Å². The van der Waals surface area contributed by atoms with Crippen LogP contribution in [0.15, 0.2) is 65.8 Å². The average Bonchev–Trinajstić information content (AvgIpc) is 3.39. The van der Waals surface area contributed by atoms with Crippen molar-refractivity contribution in [1.29, 1.82) is 0 Å². The van der Waals surface area contributed by atoms with Crippen molar-refractivity contribution in [3.8, 4) is 11.3 Å². The van der Waals surface area contributed by atoms with Crippen LogP contribution in [0.5, 0.6) is 0 Å². The molecule has 30 heavy (non-hydrogen) atoms. The maximum absolute atomic E-state index is 14.7. The fourth-order valence-corrected chi connectivity index (χ4v) is 3.71. The summed E-state index contributed by atoms with van der Waals surface area (Å²) >= 11 is 3.42. The van der Waals surface area contributed by atoms with Crippen LogP contribution >= 0.6 is 15.9 Å². The molecule has 0 saturated heterocycles. The highest BCUT2D eigenvalue weighted by Gasteiger charge is 2.41. The maximum atomic E-state index is 14.7. The van der Waals surface area contributed by atoms with E-state index in [1.165, 1.54) is 28.1 Å². The Labute approximate surface area is 179 Å². The first-order valence-electron chi connectivity index (χ1n) is 9.05. The summed E-state index contributed by atoms with van der Waals surface area (Å²) < 4.78 is 31.9. The number of aromatic nitrogens is 6. The highest BCUT2D eigenvalue weighted by atomic mass is 79.9. The molecule has 0 bridgehead atoms. The van der Waals surface area contributed by atoms with Gasteiger partial charge in [0.25, 0.3) is 0 Å². The molecule has 2 aromatic carbocycles. The lowest BCUT2D eigenvalue weighted by molar-refractivity contribution is -0.0374. The summed E-state index contributed by atoms with van der Waals surface area (Å²) in [5, 5.41) is 24.0. The lowest BCUT2D eigenvalue weighted by atomic mass is 9.86. The van der Waals surface area contributed by atoms with E-state index in [-0.39, 0.29) is 12.1 Å². The van der Waals surface area contributed by atoms with Gasteiger partial charge in [-0.1, -0.05) is 39.3 Å². The van der Waals surface area contributed by atoms with E-state index in [2.05, 4.69) is 36.3 Å². The van der Waals surface area contributed by atoms with Gasteiger partial charge in [-0.15, -0.1) is 5.10 Å². The molecule has 0 radical (unpaired) electrons. The van der Waals surface area contributed by atoms with E-state index in [1.807, 2.05) is 24.3 Å². The molecule has 2 aromatic heterocycles. The van der Waals surface area contributed by atoms with Crippen molar-refractivity contribution in [1.82, 2.24) is 29.8 Å². The van der Waals surface area contributed by atoms with Gasteiger partial charge in [-0.05, 0) is 25.1 Å². The highest BCUT2D eigenvalue weighted by Crippen LogP contribution is 2.36. The molecule has 10 heteroatoms. The molecule has 0 spiro atoms. The molecule has 4 aromatic rings. The SMILES string of the molecule is C[C@@H](n1cc(-c2cccc(Br)c2)nn1)[C@](O)(Cn1cncn1)c1ccc(F)cc1F. The van der Waals surface area contributed by atoms with Crippen molar-refractivity contribution in [3.05, 3.63) is 83.0 Å². The minimum Gasteiger partial charge on any atom is -0.381 e. The van der Waals surface area contributed by atoms with Crippen molar-refractivity contribution < 1.29 is 13.9 Å². The molecule has 2 heterocycles. The van der Waals surface area contributed by atoms with Gasteiger partial charge in [0.15, 0.2) is 0 Å². The number of nitrogens with zero attached hydrogens (tertiary/aromatic N) is 6. The molecule has 0 unspecified atom stereocenters. The van der Waals surface area contributed by atoms with Gasteiger partial charge in [0.2, 0.25) is 0 Å². The van der Waals surface area contributed by atoms with E-state index < -0.39 is 23.3 Å². The third-order valence-corrected chi connectivity index (χ3v) is 5.48. The molecule has 4 rings (SSSR count). The Kier molecular flexibility index (Phi) is 5.44. The summed E-state index contributed by atoms with van der Waals surface area (Å²) in [6.07, 6.45) is 4.39.